The molecule has 0 spiro atoms. The highest BCUT2D eigenvalue weighted by Gasteiger charge is 2.30. The number of carbonyl (C=O) groups is 1. The maximum atomic E-state index is 12.9. The van der Waals surface area contributed by atoms with E-state index < -0.39 is 10.0 Å². The van der Waals surface area contributed by atoms with Crippen LogP contribution in [0.4, 0.5) is 0 Å². The fraction of sp³-hybridized carbons (Fsp3) is 0.571. The zero-order chi connectivity index (χ0) is 22.0. The van der Waals surface area contributed by atoms with Crippen LogP contribution in [0.5, 0.6) is 0 Å². The lowest BCUT2D eigenvalue weighted by molar-refractivity contribution is 0.0116. The Morgan fingerprint density at radius 1 is 1.16 bits per heavy atom. The minimum absolute atomic E-state index is 0.116. The van der Waals surface area contributed by atoms with Crippen molar-refractivity contribution in [3.05, 3.63) is 41.6 Å². The first-order valence-corrected chi connectivity index (χ1v) is 12.1. The number of hydrogen-bond acceptors (Lipinski definition) is 6. The maximum Gasteiger partial charge on any atom is 0.268 e. The van der Waals surface area contributed by atoms with Gasteiger partial charge in [-0.3, -0.25) is 9.69 Å². The van der Waals surface area contributed by atoms with E-state index in [1.165, 1.54) is 16.6 Å². The number of nitrogens with zero attached hydrogens (tertiary/aromatic N) is 3. The third kappa shape index (κ3) is 4.72. The highest BCUT2D eigenvalue weighted by atomic mass is 32.2. The number of ether oxygens (including phenoxy) is 1. The van der Waals surface area contributed by atoms with Gasteiger partial charge in [0.15, 0.2) is 0 Å². The molecular formula is C21H30N4O5S. The molecule has 9 nitrogen and oxygen atoms in total. The van der Waals surface area contributed by atoms with E-state index in [1.807, 2.05) is 19.1 Å². The van der Waals surface area contributed by atoms with Crippen molar-refractivity contribution >= 4 is 15.9 Å². The molecule has 4 rings (SSSR count). The van der Waals surface area contributed by atoms with E-state index in [9.17, 15) is 13.2 Å². The number of carbonyl (C=O) groups excluding carboxylic acids is 1. The van der Waals surface area contributed by atoms with Gasteiger partial charge in [0.1, 0.15) is 22.1 Å². The van der Waals surface area contributed by atoms with Gasteiger partial charge in [-0.2, -0.15) is 4.31 Å². The Kier molecular flexibility index (Phi) is 6.52. The van der Waals surface area contributed by atoms with Gasteiger partial charge in [-0.05, 0) is 38.0 Å². The van der Waals surface area contributed by atoms with Crippen molar-refractivity contribution in [2.45, 2.75) is 30.7 Å². The van der Waals surface area contributed by atoms with Crippen LogP contribution in [0.15, 0.2) is 33.7 Å². The first-order valence-electron chi connectivity index (χ1n) is 10.7. The number of furan rings is 1. The van der Waals surface area contributed by atoms with E-state index >= 15 is 0 Å². The molecule has 2 saturated heterocycles. The summed E-state index contributed by atoms with van der Waals surface area (Å²) < 4.78 is 40.0. The molecular weight excluding hydrogens is 420 g/mol. The number of sulfonamides is 1. The highest BCUT2D eigenvalue weighted by molar-refractivity contribution is 7.89. The number of aryl methyl sites for hydroxylation is 2. The van der Waals surface area contributed by atoms with Crippen LogP contribution in [0.3, 0.4) is 0 Å². The van der Waals surface area contributed by atoms with Gasteiger partial charge < -0.3 is 19.0 Å². The molecule has 31 heavy (non-hydrogen) atoms. The molecule has 2 aromatic heterocycles. The molecule has 2 aliphatic heterocycles. The normalized spacial score (nSPS) is 19.5. The molecule has 10 heteroatoms. The van der Waals surface area contributed by atoms with Gasteiger partial charge in [-0.25, -0.2) is 8.42 Å². The van der Waals surface area contributed by atoms with E-state index in [4.69, 9.17) is 9.15 Å². The van der Waals surface area contributed by atoms with E-state index in [2.05, 4.69) is 10.2 Å². The predicted octanol–water partition coefficient (Wildman–Crippen LogP) is 1.51. The third-order valence-corrected chi connectivity index (χ3v) is 7.81. The zero-order valence-electron chi connectivity index (χ0n) is 18.0. The number of amides is 1. The molecule has 2 aliphatic rings. The molecule has 1 unspecified atom stereocenters. The van der Waals surface area contributed by atoms with Crippen molar-refractivity contribution < 1.29 is 22.4 Å². The summed E-state index contributed by atoms with van der Waals surface area (Å²) in [7, 11) is -1.88. The second-order valence-corrected chi connectivity index (χ2v) is 10.0. The lowest BCUT2D eigenvalue weighted by atomic mass is 10.1. The number of aromatic nitrogens is 1. The van der Waals surface area contributed by atoms with Gasteiger partial charge in [-0.15, -0.1) is 0 Å². The lowest BCUT2D eigenvalue weighted by Gasteiger charge is -2.33. The fourth-order valence-electron chi connectivity index (χ4n) is 4.19. The van der Waals surface area contributed by atoms with Crippen molar-refractivity contribution in [3.63, 3.8) is 0 Å². The second-order valence-electron chi connectivity index (χ2n) is 8.11. The monoisotopic (exact) mass is 450 g/mol. The standard InChI is InChI=1S/C21H30N4O5S/c1-16-5-6-20(30-16)19(24-9-11-29-12-10-24)14-22-21(26)18-13-17(15-23(18)2)31(27,28)25-7-3-4-8-25/h5-6,13,15,19H,3-4,7-12,14H2,1-2H3,(H,22,26). The van der Waals surface area contributed by atoms with Crippen LogP contribution < -0.4 is 5.32 Å². The summed E-state index contributed by atoms with van der Waals surface area (Å²) in [4.78, 5) is 15.3. The molecule has 1 amide bonds. The van der Waals surface area contributed by atoms with Crippen LogP contribution in [-0.4, -0.2) is 74.0 Å². The quantitative estimate of drug-likeness (QED) is 0.687. The minimum atomic E-state index is -3.57. The molecule has 0 radical (unpaired) electrons. The SMILES string of the molecule is Cc1ccc(C(CNC(=O)c2cc(S(=O)(=O)N3CCCC3)cn2C)N2CCOCC2)o1. The Labute approximate surface area is 183 Å². The zero-order valence-corrected chi connectivity index (χ0v) is 18.9. The van der Waals surface area contributed by atoms with Crippen molar-refractivity contribution in [3.8, 4) is 0 Å². The topological polar surface area (TPSA) is 97.0 Å². The van der Waals surface area contributed by atoms with Crippen molar-refractivity contribution in [2.24, 2.45) is 7.05 Å². The molecule has 4 heterocycles. The number of hydrogen-bond donors (Lipinski definition) is 1. The Morgan fingerprint density at radius 3 is 2.52 bits per heavy atom. The molecule has 0 aromatic carbocycles. The van der Waals surface area contributed by atoms with Gasteiger partial charge in [0.2, 0.25) is 10.0 Å². The summed E-state index contributed by atoms with van der Waals surface area (Å²) in [5.74, 6) is 1.30. The molecule has 0 saturated carbocycles. The lowest BCUT2D eigenvalue weighted by Crippen LogP contribution is -2.43. The third-order valence-electron chi connectivity index (χ3n) is 5.95. The van der Waals surface area contributed by atoms with Crippen LogP contribution in [0.1, 0.15) is 40.9 Å². The average Bonchev–Trinajstić information content (AvgIpc) is 3.50. The number of morpholine rings is 1. The Balaban J connectivity index is 1.48. The molecule has 2 aromatic rings. The Morgan fingerprint density at radius 2 is 1.87 bits per heavy atom. The Bertz CT molecular complexity index is 1020. The van der Waals surface area contributed by atoms with Crippen LogP contribution in [0.25, 0.3) is 0 Å². The van der Waals surface area contributed by atoms with Gasteiger partial charge in [-0.1, -0.05) is 0 Å². The molecule has 170 valence electrons. The minimum Gasteiger partial charge on any atom is -0.465 e. The summed E-state index contributed by atoms with van der Waals surface area (Å²) in [5.41, 5.74) is 0.314. The average molecular weight is 451 g/mol. The first-order chi connectivity index (χ1) is 14.9. The van der Waals surface area contributed by atoms with Crippen molar-refractivity contribution in [1.82, 2.24) is 19.1 Å². The van der Waals surface area contributed by atoms with Crippen molar-refractivity contribution in [1.29, 1.82) is 0 Å². The van der Waals surface area contributed by atoms with E-state index in [0.29, 0.717) is 38.5 Å². The van der Waals surface area contributed by atoms with Crippen LogP contribution in [0, 0.1) is 6.92 Å². The molecule has 0 bridgehead atoms. The van der Waals surface area contributed by atoms with Crippen LogP contribution in [0.2, 0.25) is 0 Å². The molecule has 0 aliphatic carbocycles. The summed E-state index contributed by atoms with van der Waals surface area (Å²) >= 11 is 0. The number of rotatable bonds is 7. The van der Waals surface area contributed by atoms with Crippen LogP contribution in [-0.2, 0) is 21.8 Å². The van der Waals surface area contributed by atoms with E-state index in [1.54, 1.807) is 11.6 Å². The van der Waals surface area contributed by atoms with Crippen molar-refractivity contribution in [2.75, 3.05) is 45.9 Å². The smallest absolute Gasteiger partial charge is 0.268 e. The van der Waals surface area contributed by atoms with Gasteiger partial charge in [0.25, 0.3) is 5.91 Å². The summed E-state index contributed by atoms with van der Waals surface area (Å²) in [5, 5.41) is 2.97. The van der Waals surface area contributed by atoms with Crippen LogP contribution >= 0.6 is 0 Å². The fourth-order valence-corrected chi connectivity index (χ4v) is 5.78. The predicted molar refractivity (Wildman–Crippen MR) is 114 cm³/mol. The second kappa shape index (κ2) is 9.15. The van der Waals surface area contributed by atoms with E-state index in [0.717, 1.165) is 37.5 Å². The molecule has 2 fully saturated rings. The highest BCUT2D eigenvalue weighted by Crippen LogP contribution is 2.25. The summed E-state index contributed by atoms with van der Waals surface area (Å²) in [6.07, 6.45) is 3.25. The molecule has 1 atom stereocenters. The first kappa shape index (κ1) is 22.1. The molecule has 1 N–H and O–H groups in total. The van der Waals surface area contributed by atoms with Gasteiger partial charge >= 0.3 is 0 Å². The maximum absolute atomic E-state index is 12.9. The van der Waals surface area contributed by atoms with Gasteiger partial charge in [0.05, 0.1) is 19.3 Å². The summed E-state index contributed by atoms with van der Waals surface area (Å²) in [6.45, 7) is 6.09. The van der Waals surface area contributed by atoms with Gasteiger partial charge in [0, 0.05) is 46.0 Å². The Hall–Kier alpha value is -2.14. The number of nitrogens with one attached hydrogen (secondary N) is 1. The van der Waals surface area contributed by atoms with E-state index in [-0.39, 0.29) is 16.8 Å². The summed E-state index contributed by atoms with van der Waals surface area (Å²) in [6, 6.07) is 5.20. The largest absolute Gasteiger partial charge is 0.465 e.